The highest BCUT2D eigenvalue weighted by molar-refractivity contribution is 5.83. The fourth-order valence-corrected chi connectivity index (χ4v) is 3.59. The van der Waals surface area contributed by atoms with E-state index in [0.29, 0.717) is 13.0 Å². The van der Waals surface area contributed by atoms with E-state index in [0.717, 1.165) is 38.3 Å². The van der Waals surface area contributed by atoms with Crippen LogP contribution in [0.3, 0.4) is 0 Å². The summed E-state index contributed by atoms with van der Waals surface area (Å²) in [4.78, 5) is 14.6. The molecule has 1 saturated heterocycles. The second kappa shape index (κ2) is 8.89. The Labute approximate surface area is 166 Å². The zero-order valence-electron chi connectivity index (χ0n) is 16.1. The first-order valence-corrected chi connectivity index (χ1v) is 9.94. The molecular formula is C24H26N2O2. The number of nitrogens with zero attached hydrogens (tertiary/aromatic N) is 1. The number of fused-ring (bicyclic) bond motifs is 1. The maximum Gasteiger partial charge on any atom is 0.220 e. The van der Waals surface area contributed by atoms with Gasteiger partial charge in [0.25, 0.3) is 0 Å². The fourth-order valence-electron chi connectivity index (χ4n) is 3.59. The van der Waals surface area contributed by atoms with Crippen LogP contribution in [0.15, 0.2) is 66.7 Å². The summed E-state index contributed by atoms with van der Waals surface area (Å²) >= 11 is 0. The van der Waals surface area contributed by atoms with Gasteiger partial charge in [0.1, 0.15) is 0 Å². The van der Waals surface area contributed by atoms with Crippen LogP contribution in [-0.2, 0) is 22.5 Å². The first-order chi connectivity index (χ1) is 13.8. The molecule has 4 rings (SSSR count). The van der Waals surface area contributed by atoms with Gasteiger partial charge in [0.2, 0.25) is 5.91 Å². The van der Waals surface area contributed by atoms with Crippen LogP contribution in [-0.4, -0.2) is 32.2 Å². The Morgan fingerprint density at radius 3 is 2.39 bits per heavy atom. The smallest absolute Gasteiger partial charge is 0.220 e. The van der Waals surface area contributed by atoms with Crippen LogP contribution in [0.2, 0.25) is 0 Å². The van der Waals surface area contributed by atoms with Gasteiger partial charge in [-0.3, -0.25) is 4.79 Å². The van der Waals surface area contributed by atoms with Crippen LogP contribution in [0.25, 0.3) is 10.8 Å². The average molecular weight is 374 g/mol. The lowest BCUT2D eigenvalue weighted by Crippen LogP contribution is -2.36. The van der Waals surface area contributed by atoms with Crippen molar-refractivity contribution < 1.29 is 9.53 Å². The number of ether oxygens (including phenoxy) is 1. The Bertz CT molecular complexity index is 931. The quantitative estimate of drug-likeness (QED) is 0.711. The van der Waals surface area contributed by atoms with Crippen molar-refractivity contribution in [3.63, 3.8) is 0 Å². The molecule has 0 aromatic heterocycles. The van der Waals surface area contributed by atoms with Crippen molar-refractivity contribution in [3.05, 3.63) is 77.9 Å². The number of nitrogens with one attached hydrogen (secondary N) is 1. The predicted molar refractivity (Wildman–Crippen MR) is 114 cm³/mol. The van der Waals surface area contributed by atoms with Crippen LogP contribution in [0.4, 0.5) is 5.69 Å². The normalized spacial score (nSPS) is 14.2. The Morgan fingerprint density at radius 1 is 0.893 bits per heavy atom. The number of benzene rings is 3. The summed E-state index contributed by atoms with van der Waals surface area (Å²) in [6, 6.07) is 23.2. The fraction of sp³-hybridized carbons (Fsp3) is 0.292. The van der Waals surface area contributed by atoms with Gasteiger partial charge in [-0.05, 0) is 40.5 Å². The minimum Gasteiger partial charge on any atom is -0.378 e. The molecule has 3 aromatic carbocycles. The van der Waals surface area contributed by atoms with Crippen LogP contribution >= 0.6 is 0 Å². The van der Waals surface area contributed by atoms with Crippen molar-refractivity contribution >= 4 is 22.4 Å². The molecule has 0 aliphatic carbocycles. The van der Waals surface area contributed by atoms with E-state index in [1.54, 1.807) is 0 Å². The highest BCUT2D eigenvalue weighted by Gasteiger charge is 2.11. The number of aryl methyl sites for hydroxylation is 1. The third-order valence-electron chi connectivity index (χ3n) is 5.26. The first-order valence-electron chi connectivity index (χ1n) is 9.94. The van der Waals surface area contributed by atoms with Crippen LogP contribution < -0.4 is 10.2 Å². The topological polar surface area (TPSA) is 41.6 Å². The van der Waals surface area contributed by atoms with Crippen molar-refractivity contribution in [2.45, 2.75) is 19.4 Å². The second-order valence-corrected chi connectivity index (χ2v) is 7.22. The molecule has 0 bridgehead atoms. The second-order valence-electron chi connectivity index (χ2n) is 7.22. The van der Waals surface area contributed by atoms with Gasteiger partial charge < -0.3 is 15.0 Å². The number of morpholine rings is 1. The van der Waals surface area contributed by atoms with Crippen LogP contribution in [0.1, 0.15) is 17.5 Å². The van der Waals surface area contributed by atoms with Crippen molar-refractivity contribution in [2.75, 3.05) is 31.2 Å². The molecule has 28 heavy (non-hydrogen) atoms. The number of amides is 1. The zero-order valence-corrected chi connectivity index (χ0v) is 16.1. The molecule has 1 amide bonds. The lowest BCUT2D eigenvalue weighted by atomic mass is 10.0. The number of carbonyl (C=O) groups is 1. The molecule has 0 saturated carbocycles. The zero-order chi connectivity index (χ0) is 19.2. The van der Waals surface area contributed by atoms with Gasteiger partial charge in [-0.1, -0.05) is 54.6 Å². The summed E-state index contributed by atoms with van der Waals surface area (Å²) in [6.07, 6.45) is 1.26. The summed E-state index contributed by atoms with van der Waals surface area (Å²) in [6.45, 7) is 4.01. The number of hydrogen-bond donors (Lipinski definition) is 1. The van der Waals surface area contributed by atoms with E-state index in [2.05, 4.69) is 64.8 Å². The molecule has 0 unspecified atom stereocenters. The van der Waals surface area contributed by atoms with Crippen LogP contribution in [0.5, 0.6) is 0 Å². The lowest BCUT2D eigenvalue weighted by molar-refractivity contribution is -0.121. The van der Waals surface area contributed by atoms with Crippen LogP contribution in [0, 0.1) is 0 Å². The third kappa shape index (κ3) is 4.70. The highest BCUT2D eigenvalue weighted by Crippen LogP contribution is 2.18. The lowest BCUT2D eigenvalue weighted by Gasteiger charge is -2.28. The average Bonchev–Trinajstić information content (AvgIpc) is 2.77. The van der Waals surface area contributed by atoms with E-state index in [9.17, 15) is 4.79 Å². The molecule has 4 nitrogen and oxygen atoms in total. The standard InChI is InChI=1S/C24H26N2O2/c27-24(12-8-19-5-9-21-3-1-2-4-22(21)17-19)25-18-20-6-10-23(11-7-20)26-13-15-28-16-14-26/h1-7,9-11,17H,8,12-16,18H2,(H,25,27). The van der Waals surface area contributed by atoms with Gasteiger partial charge >= 0.3 is 0 Å². The molecule has 0 atom stereocenters. The molecule has 3 aromatic rings. The van der Waals surface area contributed by atoms with Gasteiger partial charge in [0.15, 0.2) is 0 Å². The Morgan fingerprint density at radius 2 is 1.61 bits per heavy atom. The molecule has 4 heteroatoms. The molecule has 1 aliphatic rings. The molecule has 1 N–H and O–H groups in total. The maximum atomic E-state index is 12.2. The summed E-state index contributed by atoms with van der Waals surface area (Å²) in [5.74, 6) is 0.0883. The molecule has 0 radical (unpaired) electrons. The molecule has 1 fully saturated rings. The van der Waals surface area contributed by atoms with Gasteiger partial charge in [-0.2, -0.15) is 0 Å². The van der Waals surface area contributed by atoms with E-state index in [1.807, 2.05) is 12.1 Å². The number of hydrogen-bond acceptors (Lipinski definition) is 3. The number of anilines is 1. The van der Waals surface area contributed by atoms with Gasteiger partial charge in [0, 0.05) is 31.7 Å². The van der Waals surface area contributed by atoms with Gasteiger partial charge in [0.05, 0.1) is 13.2 Å². The summed E-state index contributed by atoms with van der Waals surface area (Å²) < 4.78 is 5.40. The summed E-state index contributed by atoms with van der Waals surface area (Å²) in [5, 5.41) is 5.49. The summed E-state index contributed by atoms with van der Waals surface area (Å²) in [7, 11) is 0. The SMILES string of the molecule is O=C(CCc1ccc2ccccc2c1)NCc1ccc(N2CCOCC2)cc1. The van der Waals surface area contributed by atoms with E-state index in [1.165, 1.54) is 22.0 Å². The molecular weight excluding hydrogens is 348 g/mol. The third-order valence-corrected chi connectivity index (χ3v) is 5.26. The Balaban J connectivity index is 1.25. The maximum absolute atomic E-state index is 12.2. The van der Waals surface area contributed by atoms with Crippen molar-refractivity contribution in [1.29, 1.82) is 0 Å². The predicted octanol–water partition coefficient (Wildman–Crippen LogP) is 3.93. The largest absolute Gasteiger partial charge is 0.378 e. The molecule has 144 valence electrons. The van der Waals surface area contributed by atoms with Gasteiger partial charge in [-0.15, -0.1) is 0 Å². The van der Waals surface area contributed by atoms with E-state index >= 15 is 0 Å². The Hall–Kier alpha value is -2.85. The van der Waals surface area contributed by atoms with Gasteiger partial charge in [-0.25, -0.2) is 0 Å². The number of rotatable bonds is 6. The molecule has 0 spiro atoms. The Kier molecular flexibility index (Phi) is 5.88. The van der Waals surface area contributed by atoms with Crippen molar-refractivity contribution in [2.24, 2.45) is 0 Å². The molecule has 1 aliphatic heterocycles. The first kappa shape index (κ1) is 18.5. The van der Waals surface area contributed by atoms with E-state index in [4.69, 9.17) is 4.74 Å². The summed E-state index contributed by atoms with van der Waals surface area (Å²) in [5.41, 5.74) is 3.54. The van der Waals surface area contributed by atoms with Crippen molar-refractivity contribution in [3.8, 4) is 0 Å². The molecule has 1 heterocycles. The van der Waals surface area contributed by atoms with Crippen molar-refractivity contribution in [1.82, 2.24) is 5.32 Å². The number of carbonyl (C=O) groups excluding carboxylic acids is 1. The van der Waals surface area contributed by atoms with E-state index < -0.39 is 0 Å². The highest BCUT2D eigenvalue weighted by atomic mass is 16.5. The minimum atomic E-state index is 0.0883. The monoisotopic (exact) mass is 374 g/mol. The van der Waals surface area contributed by atoms with E-state index in [-0.39, 0.29) is 5.91 Å². The minimum absolute atomic E-state index is 0.0883.